The van der Waals surface area contributed by atoms with Crippen molar-refractivity contribution < 1.29 is 9.21 Å². The van der Waals surface area contributed by atoms with Crippen LogP contribution < -0.4 is 11.1 Å². The molecule has 1 atom stereocenters. The Morgan fingerprint density at radius 3 is 2.95 bits per heavy atom. The van der Waals surface area contributed by atoms with Gasteiger partial charge in [-0.2, -0.15) is 5.21 Å². The summed E-state index contributed by atoms with van der Waals surface area (Å²) in [4.78, 5) is 12.1. The van der Waals surface area contributed by atoms with Gasteiger partial charge < -0.3 is 15.5 Å². The molecule has 1 amide bonds. The van der Waals surface area contributed by atoms with Crippen LogP contribution in [0.15, 0.2) is 16.7 Å². The number of hydrogen-bond acceptors (Lipinski definition) is 6. The summed E-state index contributed by atoms with van der Waals surface area (Å²) in [5, 5.41) is 16.5. The first kappa shape index (κ1) is 16.1. The summed E-state index contributed by atoms with van der Waals surface area (Å²) in [6.07, 6.45) is 3.00. The fourth-order valence-corrected chi connectivity index (χ4v) is 1.72. The van der Waals surface area contributed by atoms with E-state index < -0.39 is 0 Å². The molecule has 0 aliphatic rings. The molecule has 4 N–H and O–H groups in total. The number of rotatable bonds is 6. The minimum absolute atomic E-state index is 0. The summed E-state index contributed by atoms with van der Waals surface area (Å²) < 4.78 is 5.13. The number of nitrogens with zero attached hydrogens (tertiary/aromatic N) is 3. The Kier molecular flexibility index (Phi) is 6.13. The van der Waals surface area contributed by atoms with Crippen molar-refractivity contribution in [2.24, 2.45) is 5.73 Å². The molecule has 2 aromatic rings. The number of hydrogen-bond donors (Lipinski definition) is 3. The van der Waals surface area contributed by atoms with Crippen molar-refractivity contribution >= 4 is 18.3 Å². The second-order valence-corrected chi connectivity index (χ2v) is 4.09. The van der Waals surface area contributed by atoms with Crippen LogP contribution in [-0.4, -0.2) is 26.5 Å². The number of tetrazole rings is 1. The Morgan fingerprint density at radius 2 is 2.40 bits per heavy atom. The van der Waals surface area contributed by atoms with Crippen molar-refractivity contribution in [1.82, 2.24) is 25.9 Å². The molecule has 0 spiro atoms. The van der Waals surface area contributed by atoms with E-state index in [9.17, 15) is 4.79 Å². The van der Waals surface area contributed by atoms with Crippen molar-refractivity contribution in [1.29, 1.82) is 0 Å². The van der Waals surface area contributed by atoms with Gasteiger partial charge in [-0.3, -0.25) is 4.79 Å². The lowest BCUT2D eigenvalue weighted by molar-refractivity contribution is 0.0932. The highest BCUT2D eigenvalue weighted by Gasteiger charge is 2.19. The van der Waals surface area contributed by atoms with E-state index in [1.807, 2.05) is 6.92 Å². The number of aromatic nitrogens is 4. The van der Waals surface area contributed by atoms with Crippen LogP contribution in [-0.2, 0) is 6.54 Å². The van der Waals surface area contributed by atoms with Gasteiger partial charge >= 0.3 is 0 Å². The molecular weight excluding hydrogens is 284 g/mol. The van der Waals surface area contributed by atoms with E-state index in [2.05, 4.69) is 25.9 Å². The van der Waals surface area contributed by atoms with Gasteiger partial charge in [0.05, 0.1) is 18.2 Å². The second kappa shape index (κ2) is 7.61. The first-order valence-electron chi connectivity index (χ1n) is 6.06. The lowest BCUT2D eigenvalue weighted by atomic mass is 10.1. The third-order valence-electron chi connectivity index (χ3n) is 2.67. The fraction of sp³-hybridized carbons (Fsp3) is 0.455. The average Bonchev–Trinajstić information content (AvgIpc) is 3.09. The molecule has 0 saturated heterocycles. The highest BCUT2D eigenvalue weighted by atomic mass is 35.5. The molecule has 110 valence electrons. The SMILES string of the molecule is CCCC(NC(=O)c1coc(CN)c1)c1nn[nH]n1.Cl. The first-order valence-corrected chi connectivity index (χ1v) is 6.06. The van der Waals surface area contributed by atoms with Crippen LogP contribution in [0.25, 0.3) is 0 Å². The van der Waals surface area contributed by atoms with Gasteiger partial charge in [-0.05, 0) is 12.5 Å². The molecule has 0 aliphatic heterocycles. The Bertz CT molecular complexity index is 527. The summed E-state index contributed by atoms with van der Waals surface area (Å²) in [6, 6.07) is 1.35. The molecule has 2 rings (SSSR count). The smallest absolute Gasteiger partial charge is 0.255 e. The third-order valence-corrected chi connectivity index (χ3v) is 2.67. The van der Waals surface area contributed by atoms with Gasteiger partial charge in [0, 0.05) is 0 Å². The topological polar surface area (TPSA) is 123 Å². The van der Waals surface area contributed by atoms with Gasteiger partial charge in [0.25, 0.3) is 5.91 Å². The summed E-state index contributed by atoms with van der Waals surface area (Å²) in [5.41, 5.74) is 5.87. The van der Waals surface area contributed by atoms with Crippen LogP contribution in [0.1, 0.15) is 47.7 Å². The molecule has 0 bridgehead atoms. The highest BCUT2D eigenvalue weighted by Crippen LogP contribution is 2.15. The van der Waals surface area contributed by atoms with Crippen molar-refractivity contribution in [3.05, 3.63) is 29.5 Å². The van der Waals surface area contributed by atoms with E-state index in [1.165, 1.54) is 6.26 Å². The van der Waals surface area contributed by atoms with E-state index in [0.717, 1.165) is 12.8 Å². The van der Waals surface area contributed by atoms with E-state index in [4.69, 9.17) is 10.2 Å². The van der Waals surface area contributed by atoms with Crippen LogP contribution in [0.5, 0.6) is 0 Å². The van der Waals surface area contributed by atoms with E-state index in [-0.39, 0.29) is 30.9 Å². The number of carbonyl (C=O) groups is 1. The van der Waals surface area contributed by atoms with Crippen LogP contribution in [0.3, 0.4) is 0 Å². The van der Waals surface area contributed by atoms with Crippen LogP contribution >= 0.6 is 12.4 Å². The number of amides is 1. The third kappa shape index (κ3) is 3.78. The maximum absolute atomic E-state index is 12.1. The van der Waals surface area contributed by atoms with Gasteiger partial charge in [0.1, 0.15) is 12.0 Å². The van der Waals surface area contributed by atoms with E-state index >= 15 is 0 Å². The monoisotopic (exact) mass is 300 g/mol. The molecule has 9 heteroatoms. The van der Waals surface area contributed by atoms with Crippen molar-refractivity contribution in [2.45, 2.75) is 32.4 Å². The van der Waals surface area contributed by atoms with E-state index in [0.29, 0.717) is 17.1 Å². The molecule has 0 radical (unpaired) electrons. The Balaban J connectivity index is 0.00000200. The van der Waals surface area contributed by atoms with Crippen molar-refractivity contribution in [3.8, 4) is 0 Å². The molecule has 8 nitrogen and oxygen atoms in total. The predicted octanol–water partition coefficient (Wildman–Crippen LogP) is 0.944. The van der Waals surface area contributed by atoms with Crippen molar-refractivity contribution in [2.75, 3.05) is 0 Å². The van der Waals surface area contributed by atoms with Gasteiger partial charge in [0.15, 0.2) is 5.82 Å². The minimum Gasteiger partial charge on any atom is -0.467 e. The predicted molar refractivity (Wildman–Crippen MR) is 73.1 cm³/mol. The summed E-state index contributed by atoms with van der Waals surface area (Å²) in [6.45, 7) is 2.28. The molecule has 0 saturated carbocycles. The zero-order chi connectivity index (χ0) is 13.7. The van der Waals surface area contributed by atoms with Gasteiger partial charge in [-0.15, -0.1) is 22.6 Å². The molecule has 2 heterocycles. The second-order valence-electron chi connectivity index (χ2n) is 4.09. The minimum atomic E-state index is -0.271. The number of carbonyl (C=O) groups excluding carboxylic acids is 1. The average molecular weight is 301 g/mol. The maximum Gasteiger partial charge on any atom is 0.255 e. The molecular formula is C11H17ClN6O2. The number of halogens is 1. The Hall–Kier alpha value is -1.93. The van der Waals surface area contributed by atoms with Crippen LogP contribution in [0.2, 0.25) is 0 Å². The normalized spacial score (nSPS) is 11.7. The Labute approximate surface area is 121 Å². The van der Waals surface area contributed by atoms with Crippen LogP contribution in [0, 0.1) is 0 Å². The number of nitrogens with one attached hydrogen (secondary N) is 2. The maximum atomic E-state index is 12.1. The first-order chi connectivity index (χ1) is 9.24. The lowest BCUT2D eigenvalue weighted by Crippen LogP contribution is -2.29. The largest absolute Gasteiger partial charge is 0.467 e. The fourth-order valence-electron chi connectivity index (χ4n) is 1.72. The lowest BCUT2D eigenvalue weighted by Gasteiger charge is -2.13. The zero-order valence-electron chi connectivity index (χ0n) is 11.0. The van der Waals surface area contributed by atoms with Crippen LogP contribution in [0.4, 0.5) is 0 Å². The summed E-state index contributed by atoms with van der Waals surface area (Å²) in [5.74, 6) is 0.793. The summed E-state index contributed by atoms with van der Waals surface area (Å²) >= 11 is 0. The number of aromatic amines is 1. The van der Waals surface area contributed by atoms with E-state index in [1.54, 1.807) is 6.07 Å². The Morgan fingerprint density at radius 1 is 1.60 bits per heavy atom. The molecule has 0 aromatic carbocycles. The number of nitrogens with two attached hydrogens (primary N) is 1. The highest BCUT2D eigenvalue weighted by molar-refractivity contribution is 5.94. The molecule has 2 aromatic heterocycles. The quantitative estimate of drug-likeness (QED) is 0.729. The number of H-pyrrole nitrogens is 1. The standard InChI is InChI=1S/C11H16N6O2.ClH/c1-2-3-9(10-14-16-17-15-10)13-11(18)7-4-8(5-12)19-6-7;/h4,6,9H,2-3,5,12H2,1H3,(H,13,18)(H,14,15,16,17);1H. The molecule has 0 fully saturated rings. The van der Waals surface area contributed by atoms with Crippen molar-refractivity contribution in [3.63, 3.8) is 0 Å². The molecule has 20 heavy (non-hydrogen) atoms. The van der Waals surface area contributed by atoms with Gasteiger partial charge in [0.2, 0.25) is 0 Å². The zero-order valence-corrected chi connectivity index (χ0v) is 11.8. The molecule has 1 unspecified atom stereocenters. The van der Waals surface area contributed by atoms with Gasteiger partial charge in [-0.25, -0.2) is 0 Å². The summed E-state index contributed by atoms with van der Waals surface area (Å²) in [7, 11) is 0. The number of furan rings is 1. The molecule has 0 aliphatic carbocycles. The van der Waals surface area contributed by atoms with Gasteiger partial charge in [-0.1, -0.05) is 18.6 Å².